The van der Waals surface area contributed by atoms with Gasteiger partial charge in [-0.15, -0.1) is 0 Å². The average Bonchev–Trinajstić information content (AvgIpc) is 3.11. The zero-order chi connectivity index (χ0) is 34.6. The highest BCUT2D eigenvalue weighted by Gasteiger charge is 2.55. The van der Waals surface area contributed by atoms with Gasteiger partial charge < -0.3 is 10.2 Å². The maximum absolute atomic E-state index is 14.4. The van der Waals surface area contributed by atoms with Crippen LogP contribution in [0.25, 0.3) is 0 Å². The number of carbonyl (C=O) groups is 2. The molecule has 0 aromatic rings. The van der Waals surface area contributed by atoms with Gasteiger partial charge in [-0.25, -0.2) is 9.59 Å². The number of rotatable bonds is 7. The topological polar surface area (TPSA) is 74.6 Å². The molecule has 0 amide bonds. The third kappa shape index (κ3) is 12.4. The normalized spacial score (nSPS) is 25.4. The highest BCUT2D eigenvalue weighted by atomic mass is 16.4. The molecule has 0 aliphatic heterocycles. The molecule has 282 valence electrons. The molecule has 0 atom stereocenters. The molecule has 4 fully saturated rings. The molecule has 4 heteroatoms. The average molecular weight is 683 g/mol. The molecule has 2 N–H and O–H groups in total. The molecule has 4 aliphatic rings. The van der Waals surface area contributed by atoms with Crippen molar-refractivity contribution in [2.45, 2.75) is 231 Å². The summed E-state index contributed by atoms with van der Waals surface area (Å²) in [6.07, 6.45) is 42.4. The summed E-state index contributed by atoms with van der Waals surface area (Å²) in [6, 6.07) is 0. The first kappa shape index (κ1) is 40.5. The lowest BCUT2D eigenvalue weighted by Crippen LogP contribution is -2.50. The lowest BCUT2D eigenvalue weighted by Gasteiger charge is -2.54. The molecular weight excluding hydrogens is 604 g/mol. The maximum atomic E-state index is 14.4. The van der Waals surface area contributed by atoms with Crippen molar-refractivity contribution < 1.29 is 19.8 Å². The van der Waals surface area contributed by atoms with E-state index in [9.17, 15) is 19.8 Å². The lowest BCUT2D eigenvalue weighted by molar-refractivity contribution is -0.140. The Labute approximate surface area is 302 Å². The lowest BCUT2D eigenvalue weighted by atomic mass is 9.49. The van der Waals surface area contributed by atoms with Crippen LogP contribution in [0.3, 0.4) is 0 Å². The molecule has 0 spiro atoms. The molecule has 4 rings (SSSR count). The van der Waals surface area contributed by atoms with E-state index in [2.05, 4.69) is 0 Å². The van der Waals surface area contributed by atoms with Gasteiger partial charge in [0.15, 0.2) is 0 Å². The molecule has 0 aromatic heterocycles. The van der Waals surface area contributed by atoms with E-state index in [4.69, 9.17) is 0 Å². The van der Waals surface area contributed by atoms with Gasteiger partial charge >= 0.3 is 11.9 Å². The number of hydrogen-bond donors (Lipinski definition) is 2. The molecule has 0 radical (unpaired) electrons. The van der Waals surface area contributed by atoms with Crippen LogP contribution in [0.2, 0.25) is 0 Å². The van der Waals surface area contributed by atoms with E-state index in [1.165, 1.54) is 154 Å². The van der Waals surface area contributed by atoms with Crippen molar-refractivity contribution in [2.75, 3.05) is 0 Å². The minimum absolute atomic E-state index is 0.139. The fraction of sp³-hybridized carbons (Fsp3) is 0.911. The minimum Gasteiger partial charge on any atom is -0.478 e. The largest absolute Gasteiger partial charge is 0.478 e. The maximum Gasteiger partial charge on any atom is 0.332 e. The Morgan fingerprint density at radius 3 is 0.776 bits per heavy atom. The molecule has 49 heavy (non-hydrogen) atoms. The highest BCUT2D eigenvalue weighted by Crippen LogP contribution is 2.60. The number of carboxylic acid groups (broad SMARTS) is 2. The van der Waals surface area contributed by atoms with Crippen LogP contribution in [-0.4, -0.2) is 22.2 Å². The van der Waals surface area contributed by atoms with Gasteiger partial charge in [-0.3, -0.25) is 0 Å². The SMILES string of the molecule is O=C(O)C(=C(C(=O)O)C(C1CCCCCCCCC1)(C1CCCCCCCCC1)C1CCCCCCCCC1)C1CCCCCCCCC1. The smallest absolute Gasteiger partial charge is 0.332 e. The molecule has 4 saturated carbocycles. The van der Waals surface area contributed by atoms with Gasteiger partial charge in [-0.1, -0.05) is 180 Å². The summed E-state index contributed by atoms with van der Waals surface area (Å²) in [6.45, 7) is 0. The first-order chi connectivity index (χ1) is 24.1. The Morgan fingerprint density at radius 2 is 0.551 bits per heavy atom. The van der Waals surface area contributed by atoms with Crippen molar-refractivity contribution in [3.63, 3.8) is 0 Å². The monoisotopic (exact) mass is 683 g/mol. The van der Waals surface area contributed by atoms with Crippen LogP contribution < -0.4 is 0 Å². The van der Waals surface area contributed by atoms with Crippen molar-refractivity contribution in [3.05, 3.63) is 11.1 Å². The second-order valence-electron chi connectivity index (χ2n) is 17.3. The van der Waals surface area contributed by atoms with E-state index in [1.54, 1.807) is 0 Å². The number of hydrogen-bond acceptors (Lipinski definition) is 2. The van der Waals surface area contributed by atoms with E-state index in [-0.39, 0.29) is 23.7 Å². The number of aliphatic carboxylic acids is 2. The van der Waals surface area contributed by atoms with Gasteiger partial charge in [0.2, 0.25) is 0 Å². The Balaban J connectivity index is 2.00. The molecule has 0 bridgehead atoms. The fourth-order valence-electron chi connectivity index (χ4n) is 11.6. The predicted molar refractivity (Wildman–Crippen MR) is 205 cm³/mol. The first-order valence-corrected chi connectivity index (χ1v) is 22.3. The van der Waals surface area contributed by atoms with Crippen molar-refractivity contribution in [1.82, 2.24) is 0 Å². The Kier molecular flexibility index (Phi) is 19.2. The van der Waals surface area contributed by atoms with E-state index >= 15 is 0 Å². The molecule has 4 nitrogen and oxygen atoms in total. The van der Waals surface area contributed by atoms with Crippen LogP contribution in [0.1, 0.15) is 231 Å². The first-order valence-electron chi connectivity index (χ1n) is 22.3. The summed E-state index contributed by atoms with van der Waals surface area (Å²) in [5.74, 6) is -1.09. The second kappa shape index (κ2) is 23.3. The van der Waals surface area contributed by atoms with Gasteiger partial charge in [0, 0.05) is 5.41 Å². The van der Waals surface area contributed by atoms with Gasteiger partial charge in [-0.05, 0) is 75.0 Å². The van der Waals surface area contributed by atoms with Crippen molar-refractivity contribution in [1.29, 1.82) is 0 Å². The van der Waals surface area contributed by atoms with Crippen LogP contribution in [0.15, 0.2) is 11.1 Å². The van der Waals surface area contributed by atoms with Crippen LogP contribution in [0.5, 0.6) is 0 Å². The second-order valence-corrected chi connectivity index (χ2v) is 17.3. The molecule has 0 unspecified atom stereocenters. The van der Waals surface area contributed by atoms with Crippen molar-refractivity contribution >= 4 is 11.9 Å². The Hall–Kier alpha value is -1.32. The summed E-state index contributed by atoms with van der Waals surface area (Å²) in [5, 5.41) is 23.3. The van der Waals surface area contributed by atoms with E-state index in [0.717, 1.165) is 77.0 Å². The summed E-state index contributed by atoms with van der Waals surface area (Å²) in [7, 11) is 0. The summed E-state index contributed by atoms with van der Waals surface area (Å²) < 4.78 is 0. The molecule has 4 aliphatic carbocycles. The standard InChI is InChI=1S/C45H78O4/c46-43(47)41(37-29-21-13-5-1-6-14-22-30-37)42(44(48)49)45(38-31-23-15-7-2-8-16-24-32-38,39-33-25-17-9-3-10-18-26-34-39)40-35-27-19-11-4-12-20-28-36-40/h37-40H,1-36H2,(H,46,47)(H,48,49). The Morgan fingerprint density at radius 1 is 0.327 bits per heavy atom. The summed E-state index contributed by atoms with van der Waals surface area (Å²) >= 11 is 0. The van der Waals surface area contributed by atoms with Crippen molar-refractivity contribution in [3.8, 4) is 0 Å². The quantitative estimate of drug-likeness (QED) is 0.262. The molecule has 0 saturated heterocycles. The van der Waals surface area contributed by atoms with Crippen LogP contribution in [0.4, 0.5) is 0 Å². The summed E-state index contributed by atoms with van der Waals surface area (Å²) in [4.78, 5) is 28.4. The van der Waals surface area contributed by atoms with Crippen LogP contribution >= 0.6 is 0 Å². The zero-order valence-corrected chi connectivity index (χ0v) is 32.0. The zero-order valence-electron chi connectivity index (χ0n) is 32.0. The van der Waals surface area contributed by atoms with E-state index < -0.39 is 17.4 Å². The predicted octanol–water partition coefficient (Wildman–Crippen LogP) is 14.0. The molecule has 0 aromatic carbocycles. The van der Waals surface area contributed by atoms with Gasteiger partial charge in [0.05, 0.1) is 11.1 Å². The van der Waals surface area contributed by atoms with Crippen LogP contribution in [0, 0.1) is 29.1 Å². The Bertz CT molecular complexity index is 863. The molecule has 0 heterocycles. The minimum atomic E-state index is -0.900. The van der Waals surface area contributed by atoms with E-state index in [0.29, 0.717) is 11.1 Å². The van der Waals surface area contributed by atoms with Crippen LogP contribution in [-0.2, 0) is 9.59 Å². The third-order valence-corrected chi connectivity index (χ3v) is 14.0. The summed E-state index contributed by atoms with van der Waals surface area (Å²) in [5.41, 5.74) is 0.277. The third-order valence-electron chi connectivity index (χ3n) is 14.0. The number of carboxylic acids is 2. The fourth-order valence-corrected chi connectivity index (χ4v) is 11.6. The van der Waals surface area contributed by atoms with Gasteiger partial charge in [-0.2, -0.15) is 0 Å². The van der Waals surface area contributed by atoms with Gasteiger partial charge in [0.1, 0.15) is 0 Å². The highest BCUT2D eigenvalue weighted by molar-refractivity contribution is 6.00. The van der Waals surface area contributed by atoms with Gasteiger partial charge in [0.25, 0.3) is 0 Å². The molecular formula is C45H78O4. The van der Waals surface area contributed by atoms with Crippen molar-refractivity contribution in [2.24, 2.45) is 29.1 Å². The van der Waals surface area contributed by atoms with E-state index in [1.807, 2.05) is 0 Å².